The Bertz CT molecular complexity index is 929. The van der Waals surface area contributed by atoms with E-state index >= 15 is 0 Å². The average molecular weight is 397 g/mol. The van der Waals surface area contributed by atoms with Crippen LogP contribution in [0.2, 0.25) is 0 Å². The Balaban J connectivity index is 1.64. The number of amides is 4. The lowest BCUT2D eigenvalue weighted by Gasteiger charge is -2.25. The molecule has 4 amide bonds. The summed E-state index contributed by atoms with van der Waals surface area (Å²) in [7, 11) is 0. The van der Waals surface area contributed by atoms with Gasteiger partial charge in [0, 0.05) is 6.54 Å². The van der Waals surface area contributed by atoms with Crippen LogP contribution in [0.1, 0.15) is 30.0 Å². The molecule has 3 rings (SSSR count). The molecule has 7 heteroatoms. The van der Waals surface area contributed by atoms with Gasteiger partial charge in [0.25, 0.3) is 5.91 Å². The lowest BCUT2D eigenvalue weighted by atomic mass is 9.87. The highest BCUT2D eigenvalue weighted by molar-refractivity contribution is 6.09. The summed E-state index contributed by atoms with van der Waals surface area (Å²) in [5, 5.41) is 5.44. The third-order valence-corrected chi connectivity index (χ3v) is 5.32. The van der Waals surface area contributed by atoms with E-state index in [2.05, 4.69) is 10.6 Å². The molecule has 2 aromatic carbocycles. The summed E-state index contributed by atoms with van der Waals surface area (Å²) in [5.74, 6) is -1.35. The molecule has 2 aromatic rings. The molecule has 1 fully saturated rings. The minimum absolute atomic E-state index is 0.286. The van der Waals surface area contributed by atoms with Gasteiger partial charge in [0.1, 0.15) is 17.9 Å². The monoisotopic (exact) mass is 397 g/mol. The van der Waals surface area contributed by atoms with Crippen molar-refractivity contribution in [2.75, 3.05) is 13.1 Å². The molecule has 0 unspecified atom stereocenters. The Morgan fingerprint density at radius 1 is 1.14 bits per heavy atom. The number of benzene rings is 2. The summed E-state index contributed by atoms with van der Waals surface area (Å²) < 4.78 is 13.3. The van der Waals surface area contributed by atoms with E-state index in [9.17, 15) is 18.8 Å². The fraction of sp³-hybridized carbons (Fsp3) is 0.318. The molecule has 1 aliphatic heterocycles. The van der Waals surface area contributed by atoms with Gasteiger partial charge in [0.15, 0.2) is 0 Å². The van der Waals surface area contributed by atoms with Gasteiger partial charge < -0.3 is 10.6 Å². The summed E-state index contributed by atoms with van der Waals surface area (Å²) in [6, 6.07) is 12.7. The number of aryl methyl sites for hydroxylation is 1. The predicted octanol–water partition coefficient (Wildman–Crippen LogP) is 2.65. The molecule has 1 atom stereocenters. The van der Waals surface area contributed by atoms with Gasteiger partial charge in [-0.1, -0.05) is 43.3 Å². The Labute approximate surface area is 169 Å². The van der Waals surface area contributed by atoms with Crippen LogP contribution in [0.4, 0.5) is 9.18 Å². The maximum atomic E-state index is 13.3. The van der Waals surface area contributed by atoms with Crippen LogP contribution in [0.5, 0.6) is 0 Å². The van der Waals surface area contributed by atoms with E-state index in [0.29, 0.717) is 18.5 Å². The van der Waals surface area contributed by atoms with Crippen molar-refractivity contribution in [2.24, 2.45) is 0 Å². The van der Waals surface area contributed by atoms with Crippen molar-refractivity contribution in [2.45, 2.75) is 32.2 Å². The fourth-order valence-electron chi connectivity index (χ4n) is 3.57. The Hall–Kier alpha value is -3.22. The van der Waals surface area contributed by atoms with Gasteiger partial charge in [-0.2, -0.15) is 0 Å². The van der Waals surface area contributed by atoms with Gasteiger partial charge in [0.05, 0.1) is 0 Å². The molecule has 1 aliphatic rings. The number of carbonyl (C=O) groups is 3. The van der Waals surface area contributed by atoms with Crippen LogP contribution in [0.25, 0.3) is 0 Å². The highest BCUT2D eigenvalue weighted by Crippen LogP contribution is 2.32. The molecular weight excluding hydrogens is 373 g/mol. The zero-order valence-corrected chi connectivity index (χ0v) is 16.5. The van der Waals surface area contributed by atoms with Crippen molar-refractivity contribution in [3.63, 3.8) is 0 Å². The number of hydrogen-bond donors (Lipinski definition) is 2. The molecular formula is C22H24FN3O3. The Morgan fingerprint density at radius 3 is 2.48 bits per heavy atom. The van der Waals surface area contributed by atoms with E-state index in [4.69, 9.17) is 0 Å². The van der Waals surface area contributed by atoms with Crippen molar-refractivity contribution in [3.05, 3.63) is 71.0 Å². The number of rotatable bonds is 7. The minimum atomic E-state index is -1.29. The summed E-state index contributed by atoms with van der Waals surface area (Å²) in [6.07, 6.45) is 0.946. The molecule has 2 N–H and O–H groups in total. The largest absolute Gasteiger partial charge is 0.354 e. The van der Waals surface area contributed by atoms with E-state index in [1.165, 1.54) is 24.3 Å². The molecule has 0 bridgehead atoms. The van der Waals surface area contributed by atoms with Gasteiger partial charge in [-0.15, -0.1) is 0 Å². The van der Waals surface area contributed by atoms with E-state index < -0.39 is 29.2 Å². The molecule has 0 radical (unpaired) electrons. The lowest BCUT2D eigenvalue weighted by Crippen LogP contribution is -2.45. The van der Waals surface area contributed by atoms with Crippen LogP contribution in [0.3, 0.4) is 0 Å². The molecule has 0 aromatic heterocycles. The summed E-state index contributed by atoms with van der Waals surface area (Å²) in [4.78, 5) is 38.6. The van der Waals surface area contributed by atoms with Crippen molar-refractivity contribution < 1.29 is 18.8 Å². The van der Waals surface area contributed by atoms with Gasteiger partial charge in [-0.3, -0.25) is 14.5 Å². The Kier molecular flexibility index (Phi) is 5.96. The molecule has 1 heterocycles. The van der Waals surface area contributed by atoms with E-state index in [0.717, 1.165) is 16.0 Å². The second-order valence-electron chi connectivity index (χ2n) is 7.11. The van der Waals surface area contributed by atoms with Crippen molar-refractivity contribution in [3.8, 4) is 0 Å². The summed E-state index contributed by atoms with van der Waals surface area (Å²) in [5.41, 5.74) is 1.47. The third-order valence-electron chi connectivity index (χ3n) is 5.32. The first-order chi connectivity index (χ1) is 13.9. The SMILES string of the molecule is CC[C@]1(c2ccc(F)cc2)NC(=O)N(CC(=O)NCCc2ccccc2C)C1=O. The fourth-order valence-corrected chi connectivity index (χ4v) is 3.57. The minimum Gasteiger partial charge on any atom is -0.354 e. The zero-order chi connectivity index (χ0) is 21.0. The summed E-state index contributed by atoms with van der Waals surface area (Å²) >= 11 is 0. The van der Waals surface area contributed by atoms with Crippen LogP contribution in [-0.4, -0.2) is 35.8 Å². The van der Waals surface area contributed by atoms with E-state index in [-0.39, 0.29) is 13.0 Å². The summed E-state index contributed by atoms with van der Waals surface area (Å²) in [6.45, 7) is 3.81. The number of imide groups is 1. The van der Waals surface area contributed by atoms with Gasteiger partial charge >= 0.3 is 6.03 Å². The number of hydrogen-bond acceptors (Lipinski definition) is 3. The first kappa shape index (κ1) is 20.5. The van der Waals surface area contributed by atoms with Crippen LogP contribution in [0, 0.1) is 12.7 Å². The standard InChI is InChI=1S/C22H24FN3O3/c1-3-22(17-8-10-18(23)11-9-17)20(28)26(21(29)25-22)14-19(27)24-13-12-16-7-5-4-6-15(16)2/h4-11H,3,12-14H2,1-2H3,(H,24,27)(H,25,29)/t22-/m1/s1. The first-order valence-corrected chi connectivity index (χ1v) is 9.58. The maximum Gasteiger partial charge on any atom is 0.325 e. The maximum absolute atomic E-state index is 13.3. The molecule has 152 valence electrons. The smallest absolute Gasteiger partial charge is 0.325 e. The van der Waals surface area contributed by atoms with Gasteiger partial charge in [-0.05, 0) is 48.6 Å². The number of nitrogens with zero attached hydrogens (tertiary/aromatic N) is 1. The number of nitrogens with one attached hydrogen (secondary N) is 2. The average Bonchev–Trinajstić information content (AvgIpc) is 2.95. The van der Waals surface area contributed by atoms with Crippen LogP contribution >= 0.6 is 0 Å². The molecule has 0 aliphatic carbocycles. The zero-order valence-electron chi connectivity index (χ0n) is 16.5. The molecule has 0 spiro atoms. The third kappa shape index (κ3) is 4.13. The molecule has 29 heavy (non-hydrogen) atoms. The van der Waals surface area contributed by atoms with Gasteiger partial charge in [-0.25, -0.2) is 9.18 Å². The molecule has 6 nitrogen and oxygen atoms in total. The molecule has 0 saturated carbocycles. The Morgan fingerprint density at radius 2 is 1.83 bits per heavy atom. The number of carbonyl (C=O) groups excluding carboxylic acids is 3. The molecule has 1 saturated heterocycles. The topological polar surface area (TPSA) is 78.5 Å². The van der Waals surface area contributed by atoms with Crippen molar-refractivity contribution >= 4 is 17.8 Å². The van der Waals surface area contributed by atoms with Gasteiger partial charge in [0.2, 0.25) is 5.91 Å². The highest BCUT2D eigenvalue weighted by Gasteiger charge is 2.51. The van der Waals surface area contributed by atoms with Crippen LogP contribution in [-0.2, 0) is 21.5 Å². The normalized spacial score (nSPS) is 18.7. The second-order valence-corrected chi connectivity index (χ2v) is 7.11. The quantitative estimate of drug-likeness (QED) is 0.705. The van der Waals surface area contributed by atoms with Crippen molar-refractivity contribution in [1.82, 2.24) is 15.5 Å². The second kappa shape index (κ2) is 8.43. The van der Waals surface area contributed by atoms with Crippen LogP contribution in [0.15, 0.2) is 48.5 Å². The predicted molar refractivity (Wildman–Crippen MR) is 107 cm³/mol. The number of halogens is 1. The van der Waals surface area contributed by atoms with E-state index in [1.54, 1.807) is 6.92 Å². The number of urea groups is 1. The highest BCUT2D eigenvalue weighted by atomic mass is 19.1. The van der Waals surface area contributed by atoms with Crippen LogP contribution < -0.4 is 10.6 Å². The van der Waals surface area contributed by atoms with E-state index in [1.807, 2.05) is 31.2 Å². The lowest BCUT2D eigenvalue weighted by molar-refractivity contribution is -0.135. The van der Waals surface area contributed by atoms with Crippen molar-refractivity contribution in [1.29, 1.82) is 0 Å². The first-order valence-electron chi connectivity index (χ1n) is 9.58.